The van der Waals surface area contributed by atoms with Gasteiger partial charge in [-0.2, -0.15) is 4.98 Å². The maximum absolute atomic E-state index is 5.93. The van der Waals surface area contributed by atoms with E-state index in [1.54, 1.807) is 13.2 Å². The minimum atomic E-state index is -0.134. The Labute approximate surface area is 117 Å². The Kier molecular flexibility index (Phi) is 4.57. The summed E-state index contributed by atoms with van der Waals surface area (Å²) >= 11 is 0. The molecule has 0 bridgehead atoms. The first-order chi connectivity index (χ1) is 9.63. The van der Waals surface area contributed by atoms with Crippen LogP contribution in [0.2, 0.25) is 0 Å². The van der Waals surface area contributed by atoms with Crippen LogP contribution in [0.15, 0.2) is 22.7 Å². The van der Waals surface area contributed by atoms with Gasteiger partial charge in [-0.05, 0) is 13.0 Å². The van der Waals surface area contributed by atoms with Gasteiger partial charge in [0.2, 0.25) is 0 Å². The SMILES string of the molecule is CCc1noc(COc2cc(OC)ccc2C(C)N)n1. The molecule has 2 rings (SSSR count). The zero-order valence-electron chi connectivity index (χ0n) is 11.9. The monoisotopic (exact) mass is 277 g/mol. The zero-order chi connectivity index (χ0) is 14.5. The van der Waals surface area contributed by atoms with Gasteiger partial charge in [0.15, 0.2) is 12.4 Å². The molecule has 0 spiro atoms. The van der Waals surface area contributed by atoms with Crippen LogP contribution in [0, 0.1) is 0 Å². The molecule has 0 fully saturated rings. The number of hydrogen-bond donors (Lipinski definition) is 1. The number of rotatable bonds is 6. The summed E-state index contributed by atoms with van der Waals surface area (Å²) in [5.74, 6) is 2.49. The van der Waals surface area contributed by atoms with E-state index in [4.69, 9.17) is 19.7 Å². The number of methoxy groups -OCH3 is 1. The van der Waals surface area contributed by atoms with Crippen molar-refractivity contribution >= 4 is 0 Å². The van der Waals surface area contributed by atoms with Gasteiger partial charge >= 0.3 is 0 Å². The van der Waals surface area contributed by atoms with Crippen molar-refractivity contribution in [1.29, 1.82) is 0 Å². The van der Waals surface area contributed by atoms with Gasteiger partial charge in [-0.1, -0.05) is 18.1 Å². The topological polar surface area (TPSA) is 83.4 Å². The quantitative estimate of drug-likeness (QED) is 0.871. The molecular formula is C14H19N3O3. The molecule has 0 saturated carbocycles. The number of nitrogens with zero attached hydrogens (tertiary/aromatic N) is 2. The van der Waals surface area contributed by atoms with E-state index in [1.165, 1.54) is 0 Å². The van der Waals surface area contributed by atoms with Crippen LogP contribution in [-0.4, -0.2) is 17.3 Å². The molecule has 20 heavy (non-hydrogen) atoms. The van der Waals surface area contributed by atoms with Crippen molar-refractivity contribution in [1.82, 2.24) is 10.1 Å². The van der Waals surface area contributed by atoms with Crippen LogP contribution in [0.4, 0.5) is 0 Å². The van der Waals surface area contributed by atoms with Crippen LogP contribution >= 0.6 is 0 Å². The molecular weight excluding hydrogens is 258 g/mol. The highest BCUT2D eigenvalue weighted by Crippen LogP contribution is 2.29. The summed E-state index contributed by atoms with van der Waals surface area (Å²) in [5, 5.41) is 3.82. The Balaban J connectivity index is 2.14. The van der Waals surface area contributed by atoms with Crippen molar-refractivity contribution < 1.29 is 14.0 Å². The summed E-state index contributed by atoms with van der Waals surface area (Å²) in [4.78, 5) is 4.20. The van der Waals surface area contributed by atoms with Crippen LogP contribution in [-0.2, 0) is 13.0 Å². The van der Waals surface area contributed by atoms with Gasteiger partial charge in [-0.3, -0.25) is 0 Å². The smallest absolute Gasteiger partial charge is 0.264 e. The van der Waals surface area contributed by atoms with Gasteiger partial charge in [0, 0.05) is 24.1 Å². The highest BCUT2D eigenvalue weighted by Gasteiger charge is 2.12. The lowest BCUT2D eigenvalue weighted by Crippen LogP contribution is -2.08. The average Bonchev–Trinajstić information content (AvgIpc) is 2.92. The Morgan fingerprint density at radius 3 is 2.80 bits per heavy atom. The molecule has 0 aliphatic carbocycles. The molecule has 1 atom stereocenters. The van der Waals surface area contributed by atoms with Gasteiger partial charge in [0.25, 0.3) is 5.89 Å². The normalized spacial score (nSPS) is 12.2. The van der Waals surface area contributed by atoms with Crippen LogP contribution in [0.5, 0.6) is 11.5 Å². The fourth-order valence-electron chi connectivity index (χ4n) is 1.77. The first kappa shape index (κ1) is 14.3. The number of benzene rings is 1. The van der Waals surface area contributed by atoms with E-state index in [-0.39, 0.29) is 12.6 Å². The highest BCUT2D eigenvalue weighted by atomic mass is 16.5. The van der Waals surface area contributed by atoms with Gasteiger partial charge < -0.3 is 19.7 Å². The number of aryl methyl sites for hydroxylation is 1. The molecule has 2 N–H and O–H groups in total. The summed E-state index contributed by atoms with van der Waals surface area (Å²) in [5.41, 5.74) is 6.83. The Bertz CT molecular complexity index is 567. The molecule has 0 saturated heterocycles. The predicted molar refractivity (Wildman–Crippen MR) is 73.6 cm³/mol. The van der Waals surface area contributed by atoms with Crippen LogP contribution in [0.1, 0.15) is 37.2 Å². The van der Waals surface area contributed by atoms with Gasteiger partial charge in [-0.25, -0.2) is 0 Å². The van der Waals surface area contributed by atoms with Crippen LogP contribution in [0.3, 0.4) is 0 Å². The largest absolute Gasteiger partial charge is 0.497 e. The first-order valence-corrected chi connectivity index (χ1v) is 6.51. The van der Waals surface area contributed by atoms with Crippen molar-refractivity contribution in [3.05, 3.63) is 35.5 Å². The third-order valence-electron chi connectivity index (χ3n) is 2.89. The maximum Gasteiger partial charge on any atom is 0.264 e. The lowest BCUT2D eigenvalue weighted by atomic mass is 10.1. The van der Waals surface area contributed by atoms with E-state index >= 15 is 0 Å². The van der Waals surface area contributed by atoms with E-state index < -0.39 is 0 Å². The third kappa shape index (κ3) is 3.27. The maximum atomic E-state index is 5.93. The van der Waals surface area contributed by atoms with E-state index in [9.17, 15) is 0 Å². The molecule has 1 unspecified atom stereocenters. The number of aromatic nitrogens is 2. The Morgan fingerprint density at radius 2 is 2.20 bits per heavy atom. The van der Waals surface area contributed by atoms with E-state index in [0.29, 0.717) is 23.2 Å². The summed E-state index contributed by atoms with van der Waals surface area (Å²) in [6.07, 6.45) is 0.730. The molecule has 1 heterocycles. The number of ether oxygens (including phenoxy) is 2. The van der Waals surface area contributed by atoms with Crippen molar-refractivity contribution in [2.24, 2.45) is 5.73 Å². The first-order valence-electron chi connectivity index (χ1n) is 6.51. The molecule has 2 aromatic rings. The minimum Gasteiger partial charge on any atom is -0.497 e. The zero-order valence-corrected chi connectivity index (χ0v) is 11.9. The van der Waals surface area contributed by atoms with E-state index in [1.807, 2.05) is 26.0 Å². The summed E-state index contributed by atoms with van der Waals surface area (Å²) in [6, 6.07) is 5.41. The lowest BCUT2D eigenvalue weighted by molar-refractivity contribution is 0.239. The van der Waals surface area contributed by atoms with Gasteiger partial charge in [0.05, 0.1) is 7.11 Å². The minimum absolute atomic E-state index is 0.134. The average molecular weight is 277 g/mol. The number of nitrogens with two attached hydrogens (primary N) is 1. The second-order valence-electron chi connectivity index (χ2n) is 4.44. The van der Waals surface area contributed by atoms with Crippen molar-refractivity contribution in [2.75, 3.05) is 7.11 Å². The molecule has 1 aromatic heterocycles. The second-order valence-corrected chi connectivity index (χ2v) is 4.44. The molecule has 0 amide bonds. The third-order valence-corrected chi connectivity index (χ3v) is 2.89. The molecule has 6 nitrogen and oxygen atoms in total. The van der Waals surface area contributed by atoms with Crippen LogP contribution in [0.25, 0.3) is 0 Å². The fourth-order valence-corrected chi connectivity index (χ4v) is 1.77. The van der Waals surface area contributed by atoms with Crippen molar-refractivity contribution in [3.8, 4) is 11.5 Å². The molecule has 6 heteroatoms. The van der Waals surface area contributed by atoms with Gasteiger partial charge in [0.1, 0.15) is 11.5 Å². The molecule has 1 aromatic carbocycles. The Morgan fingerprint density at radius 1 is 1.40 bits per heavy atom. The molecule has 0 radical (unpaired) electrons. The van der Waals surface area contributed by atoms with Crippen molar-refractivity contribution in [3.63, 3.8) is 0 Å². The molecule has 0 aliphatic heterocycles. The van der Waals surface area contributed by atoms with Gasteiger partial charge in [-0.15, -0.1) is 0 Å². The summed E-state index contributed by atoms with van der Waals surface area (Å²) in [6.45, 7) is 4.07. The second kappa shape index (κ2) is 6.38. The van der Waals surface area contributed by atoms with E-state index in [0.717, 1.165) is 12.0 Å². The lowest BCUT2D eigenvalue weighted by Gasteiger charge is -2.14. The summed E-state index contributed by atoms with van der Waals surface area (Å²) in [7, 11) is 1.61. The number of hydrogen-bond acceptors (Lipinski definition) is 6. The highest BCUT2D eigenvalue weighted by molar-refractivity contribution is 5.42. The Hall–Kier alpha value is -2.08. The van der Waals surface area contributed by atoms with Crippen molar-refractivity contribution in [2.45, 2.75) is 32.9 Å². The molecule has 108 valence electrons. The van der Waals surface area contributed by atoms with Crippen LogP contribution < -0.4 is 15.2 Å². The molecule has 0 aliphatic rings. The summed E-state index contributed by atoms with van der Waals surface area (Å²) < 4.78 is 16.0. The standard InChI is InChI=1S/C14H19N3O3/c1-4-13-16-14(20-17-13)8-19-12-7-10(18-3)5-6-11(12)9(2)15/h5-7,9H,4,8,15H2,1-3H3. The predicted octanol–water partition coefficient (Wildman–Crippen LogP) is 2.24. The van der Waals surface area contributed by atoms with E-state index in [2.05, 4.69) is 10.1 Å². The fraction of sp³-hybridized carbons (Fsp3) is 0.429.